The number of rotatable bonds is 9. The van der Waals surface area contributed by atoms with Crippen molar-refractivity contribution in [3.63, 3.8) is 0 Å². The Kier molecular flexibility index (Phi) is 13.0. The van der Waals surface area contributed by atoms with E-state index in [2.05, 4.69) is 10.3 Å². The molecule has 0 aliphatic rings. The molecule has 0 saturated heterocycles. The van der Waals surface area contributed by atoms with Gasteiger partial charge in [-0.15, -0.1) is 0 Å². The molecule has 0 amide bonds. The van der Waals surface area contributed by atoms with Crippen LogP contribution in [0.3, 0.4) is 0 Å². The van der Waals surface area contributed by atoms with Gasteiger partial charge < -0.3 is 19.7 Å². The van der Waals surface area contributed by atoms with E-state index in [4.69, 9.17) is 21.1 Å². The second-order valence-corrected chi connectivity index (χ2v) is 7.11. The molecule has 0 aliphatic heterocycles. The molecule has 0 spiro atoms. The maximum Gasteiger partial charge on any atom is 0.334 e. The zero-order valence-corrected chi connectivity index (χ0v) is 22.2. The van der Waals surface area contributed by atoms with Crippen LogP contribution in [0.1, 0.15) is 38.8 Å². The maximum absolute atomic E-state index is 11.9. The Bertz CT molecular complexity index is 995. The molecule has 190 valence electrons. The van der Waals surface area contributed by atoms with E-state index in [0.29, 0.717) is 18.8 Å². The van der Waals surface area contributed by atoms with Crippen LogP contribution in [0.25, 0.3) is 0 Å². The van der Waals surface area contributed by atoms with Crippen LogP contribution in [-0.4, -0.2) is 31.2 Å². The summed E-state index contributed by atoms with van der Waals surface area (Å²) in [5.41, 5.74) is 2.05. The summed E-state index contributed by atoms with van der Waals surface area (Å²) in [5.74, 6) is 1.65. The average Bonchev–Trinajstić information content (AvgIpc) is 2.90. The van der Waals surface area contributed by atoms with Gasteiger partial charge in [0.15, 0.2) is 0 Å². The van der Waals surface area contributed by atoms with Gasteiger partial charge in [-0.1, -0.05) is 63.6 Å². The number of methoxy groups -OCH3 is 2. The highest BCUT2D eigenvalue weighted by molar-refractivity contribution is 6.30. The molecule has 8 nitrogen and oxygen atoms in total. The summed E-state index contributed by atoms with van der Waals surface area (Å²) in [6.07, 6.45) is 0. The molecule has 1 aromatic heterocycles. The van der Waals surface area contributed by atoms with Crippen molar-refractivity contribution in [1.29, 1.82) is 0 Å². The SMILES string of the molecule is CC.CC.CNc1cc(Cl)nc(N(Cc2ccc(OC)cc2)Cc2ccc(OC)cc2)c1[N+](=O)[O-]. The number of nitro groups is 1. The number of halogens is 1. The Hall–Kier alpha value is -3.52. The van der Waals surface area contributed by atoms with Crippen LogP contribution in [0.4, 0.5) is 17.2 Å². The molecule has 0 unspecified atom stereocenters. The molecule has 0 atom stereocenters. The monoisotopic (exact) mass is 502 g/mol. The Morgan fingerprint density at radius 3 is 1.69 bits per heavy atom. The summed E-state index contributed by atoms with van der Waals surface area (Å²) in [5, 5.41) is 14.9. The number of anilines is 2. The van der Waals surface area contributed by atoms with Gasteiger partial charge in [0.2, 0.25) is 5.82 Å². The molecule has 0 aliphatic carbocycles. The van der Waals surface area contributed by atoms with Crippen LogP contribution in [0.2, 0.25) is 5.15 Å². The van der Waals surface area contributed by atoms with E-state index in [1.54, 1.807) is 21.3 Å². The largest absolute Gasteiger partial charge is 0.497 e. The molecule has 35 heavy (non-hydrogen) atoms. The standard InChI is InChI=1S/C22H23ClN4O4.2C2H6/c1-24-19-12-20(23)25-22(21(19)27(28)29)26(13-15-4-8-17(30-2)9-5-15)14-16-6-10-18(31-3)11-7-16;2*1-2/h4-12H,13-14H2,1-3H3,(H,24,25);2*1-2H3. The molecule has 2 aromatic carbocycles. The fraction of sp³-hybridized carbons (Fsp3) is 0.346. The normalized spacial score (nSPS) is 9.60. The number of nitrogens with zero attached hydrogens (tertiary/aromatic N) is 3. The second kappa shape index (κ2) is 15.4. The zero-order valence-electron chi connectivity index (χ0n) is 21.5. The minimum Gasteiger partial charge on any atom is -0.497 e. The van der Waals surface area contributed by atoms with E-state index in [9.17, 15) is 10.1 Å². The van der Waals surface area contributed by atoms with Crippen molar-refractivity contribution in [2.45, 2.75) is 40.8 Å². The molecular formula is C26H35ClN4O4. The molecule has 1 heterocycles. The highest BCUT2D eigenvalue weighted by Crippen LogP contribution is 2.37. The summed E-state index contributed by atoms with van der Waals surface area (Å²) in [6, 6.07) is 16.5. The van der Waals surface area contributed by atoms with Gasteiger partial charge in [0.25, 0.3) is 0 Å². The Labute approximate surface area is 213 Å². The van der Waals surface area contributed by atoms with E-state index in [-0.39, 0.29) is 16.7 Å². The molecule has 0 radical (unpaired) electrons. The van der Waals surface area contributed by atoms with Gasteiger partial charge in [-0.3, -0.25) is 10.1 Å². The lowest BCUT2D eigenvalue weighted by Gasteiger charge is -2.25. The van der Waals surface area contributed by atoms with Gasteiger partial charge in [-0.25, -0.2) is 4.98 Å². The Balaban J connectivity index is 0.00000145. The number of pyridine rings is 1. The molecule has 0 fully saturated rings. The predicted octanol–water partition coefficient (Wildman–Crippen LogP) is 6.96. The highest BCUT2D eigenvalue weighted by Gasteiger charge is 2.27. The Morgan fingerprint density at radius 1 is 0.914 bits per heavy atom. The number of hydrogen-bond acceptors (Lipinski definition) is 7. The van der Waals surface area contributed by atoms with Crippen molar-refractivity contribution in [3.8, 4) is 11.5 Å². The number of hydrogen-bond donors (Lipinski definition) is 1. The maximum atomic E-state index is 11.9. The quantitative estimate of drug-likeness (QED) is 0.192. The van der Waals surface area contributed by atoms with Crippen molar-refractivity contribution >= 4 is 28.8 Å². The van der Waals surface area contributed by atoms with E-state index in [0.717, 1.165) is 22.6 Å². The van der Waals surface area contributed by atoms with Crippen LogP contribution >= 0.6 is 11.6 Å². The third-order valence-corrected chi connectivity index (χ3v) is 4.95. The summed E-state index contributed by atoms with van der Waals surface area (Å²) >= 11 is 6.20. The number of ether oxygens (including phenoxy) is 2. The predicted molar refractivity (Wildman–Crippen MR) is 144 cm³/mol. The summed E-state index contributed by atoms with van der Waals surface area (Å²) in [4.78, 5) is 17.6. The van der Waals surface area contributed by atoms with Crippen molar-refractivity contribution in [3.05, 3.63) is 81.0 Å². The third kappa shape index (κ3) is 8.33. The van der Waals surface area contributed by atoms with Crippen LogP contribution < -0.4 is 19.7 Å². The van der Waals surface area contributed by atoms with Crippen molar-refractivity contribution in [2.75, 3.05) is 31.5 Å². The third-order valence-electron chi connectivity index (χ3n) is 4.76. The number of aromatic nitrogens is 1. The second-order valence-electron chi connectivity index (χ2n) is 6.72. The number of benzene rings is 2. The fourth-order valence-electron chi connectivity index (χ4n) is 3.19. The van der Waals surface area contributed by atoms with Crippen molar-refractivity contribution < 1.29 is 14.4 Å². The van der Waals surface area contributed by atoms with E-state index in [1.807, 2.05) is 81.1 Å². The first-order valence-corrected chi connectivity index (χ1v) is 11.9. The lowest BCUT2D eigenvalue weighted by atomic mass is 10.1. The van der Waals surface area contributed by atoms with E-state index < -0.39 is 4.92 Å². The van der Waals surface area contributed by atoms with Crippen LogP contribution in [0.15, 0.2) is 54.6 Å². The first kappa shape index (κ1) is 29.5. The topological polar surface area (TPSA) is 89.8 Å². The first-order chi connectivity index (χ1) is 16.9. The lowest BCUT2D eigenvalue weighted by molar-refractivity contribution is -0.383. The molecule has 3 rings (SSSR count). The van der Waals surface area contributed by atoms with Gasteiger partial charge in [0, 0.05) is 26.2 Å². The lowest BCUT2D eigenvalue weighted by Crippen LogP contribution is -2.24. The van der Waals surface area contributed by atoms with Crippen LogP contribution in [0.5, 0.6) is 11.5 Å². The summed E-state index contributed by atoms with van der Waals surface area (Å²) in [7, 11) is 4.81. The van der Waals surface area contributed by atoms with Gasteiger partial charge in [-0.2, -0.15) is 0 Å². The minimum absolute atomic E-state index is 0.131. The fourth-order valence-corrected chi connectivity index (χ4v) is 3.38. The van der Waals surface area contributed by atoms with Crippen LogP contribution in [0, 0.1) is 10.1 Å². The summed E-state index contributed by atoms with van der Waals surface area (Å²) in [6.45, 7) is 8.76. The highest BCUT2D eigenvalue weighted by atomic mass is 35.5. The molecule has 0 saturated carbocycles. The van der Waals surface area contributed by atoms with Crippen LogP contribution in [-0.2, 0) is 13.1 Å². The molecule has 9 heteroatoms. The van der Waals surface area contributed by atoms with Gasteiger partial charge in [0.05, 0.1) is 19.1 Å². The molecule has 1 N–H and O–H groups in total. The molecule has 0 bridgehead atoms. The molecule has 3 aromatic rings. The minimum atomic E-state index is -0.445. The smallest absolute Gasteiger partial charge is 0.334 e. The van der Waals surface area contributed by atoms with E-state index in [1.165, 1.54) is 6.07 Å². The van der Waals surface area contributed by atoms with Crippen molar-refractivity contribution in [2.24, 2.45) is 0 Å². The van der Waals surface area contributed by atoms with Gasteiger partial charge in [-0.05, 0) is 35.4 Å². The molecular weight excluding hydrogens is 468 g/mol. The Morgan fingerprint density at radius 2 is 1.34 bits per heavy atom. The van der Waals surface area contributed by atoms with Gasteiger partial charge >= 0.3 is 5.69 Å². The van der Waals surface area contributed by atoms with E-state index >= 15 is 0 Å². The average molecular weight is 503 g/mol. The zero-order chi connectivity index (χ0) is 26.4. The first-order valence-electron chi connectivity index (χ1n) is 11.5. The van der Waals surface area contributed by atoms with Gasteiger partial charge in [0.1, 0.15) is 22.3 Å². The summed E-state index contributed by atoms with van der Waals surface area (Å²) < 4.78 is 10.4. The van der Waals surface area contributed by atoms with Crippen molar-refractivity contribution in [1.82, 2.24) is 4.98 Å². The number of nitrogens with one attached hydrogen (secondary N) is 1.